The Labute approximate surface area is 171 Å². The molecule has 150 valence electrons. The standard InChI is InChI=1S/C21H19ClN2O5/c1-2-21(20(28)29)16-15(17(23-21)13-8-3-4-9-14(13)25)18(26)24(19(16)27)12-7-5-6-11(22)10-12/h3-10,15-17,23,25H,2H2,1H3,(H,28,29). The van der Waals surface area contributed by atoms with E-state index in [9.17, 15) is 24.6 Å². The second-order valence-corrected chi connectivity index (χ2v) is 7.74. The van der Waals surface area contributed by atoms with E-state index in [0.29, 0.717) is 16.3 Å². The van der Waals surface area contributed by atoms with Gasteiger partial charge in [-0.2, -0.15) is 0 Å². The van der Waals surface area contributed by atoms with Crippen molar-refractivity contribution < 1.29 is 24.6 Å². The first-order chi connectivity index (χ1) is 13.8. The molecule has 3 N–H and O–H groups in total. The third-order valence-electron chi connectivity index (χ3n) is 5.93. The van der Waals surface area contributed by atoms with Gasteiger partial charge in [-0.15, -0.1) is 0 Å². The Morgan fingerprint density at radius 1 is 1.17 bits per heavy atom. The number of hydrogen-bond acceptors (Lipinski definition) is 5. The summed E-state index contributed by atoms with van der Waals surface area (Å²) in [5.74, 6) is -4.45. The maximum atomic E-state index is 13.4. The fraction of sp³-hybridized carbons (Fsp3) is 0.286. The number of carbonyl (C=O) groups is 3. The van der Waals surface area contributed by atoms with Crippen LogP contribution in [0.1, 0.15) is 24.9 Å². The molecule has 0 saturated carbocycles. The van der Waals surface area contributed by atoms with Crippen LogP contribution in [0.15, 0.2) is 48.5 Å². The average molecular weight is 415 g/mol. The van der Waals surface area contributed by atoms with E-state index in [0.717, 1.165) is 4.90 Å². The number of aromatic hydroxyl groups is 1. The monoisotopic (exact) mass is 414 g/mol. The Hall–Kier alpha value is -2.90. The van der Waals surface area contributed by atoms with Crippen molar-refractivity contribution in [2.75, 3.05) is 4.90 Å². The molecule has 0 radical (unpaired) electrons. The second kappa shape index (κ2) is 6.86. The zero-order valence-electron chi connectivity index (χ0n) is 15.5. The number of carboxylic acid groups (broad SMARTS) is 1. The minimum Gasteiger partial charge on any atom is -0.508 e. The van der Waals surface area contributed by atoms with Crippen molar-refractivity contribution >= 4 is 35.1 Å². The Balaban J connectivity index is 1.88. The van der Waals surface area contributed by atoms with Crippen LogP contribution in [0.25, 0.3) is 0 Å². The van der Waals surface area contributed by atoms with Crippen LogP contribution in [-0.2, 0) is 14.4 Å². The molecule has 2 saturated heterocycles. The molecule has 2 heterocycles. The number of halogens is 1. The SMILES string of the molecule is CCC1(C(=O)O)NC(c2ccccc2O)C2C(=O)N(c3cccc(Cl)c3)C(=O)C21. The number of para-hydroxylation sites is 1. The molecule has 2 aromatic carbocycles. The third kappa shape index (κ3) is 2.73. The molecule has 2 amide bonds. The molecule has 4 rings (SSSR count). The highest BCUT2D eigenvalue weighted by molar-refractivity contribution is 6.31. The fourth-order valence-corrected chi connectivity index (χ4v) is 4.75. The number of aliphatic carboxylic acids is 1. The molecular weight excluding hydrogens is 396 g/mol. The van der Waals surface area contributed by atoms with Gasteiger partial charge in [-0.3, -0.25) is 19.7 Å². The van der Waals surface area contributed by atoms with Crippen molar-refractivity contribution in [1.82, 2.24) is 5.32 Å². The van der Waals surface area contributed by atoms with E-state index in [-0.39, 0.29) is 12.2 Å². The Kier molecular flexibility index (Phi) is 4.59. The zero-order chi connectivity index (χ0) is 20.9. The van der Waals surface area contributed by atoms with Crippen LogP contribution in [-0.4, -0.2) is 33.5 Å². The Morgan fingerprint density at radius 2 is 1.90 bits per heavy atom. The van der Waals surface area contributed by atoms with Crippen LogP contribution in [0.5, 0.6) is 5.75 Å². The summed E-state index contributed by atoms with van der Waals surface area (Å²) in [6, 6.07) is 11.9. The molecule has 0 aromatic heterocycles. The van der Waals surface area contributed by atoms with Crippen molar-refractivity contribution in [2.45, 2.75) is 24.9 Å². The van der Waals surface area contributed by atoms with Crippen molar-refractivity contribution in [3.63, 3.8) is 0 Å². The van der Waals surface area contributed by atoms with Crippen molar-refractivity contribution in [3.8, 4) is 5.75 Å². The average Bonchev–Trinajstić information content (AvgIpc) is 3.17. The largest absolute Gasteiger partial charge is 0.508 e. The predicted octanol–water partition coefficient (Wildman–Crippen LogP) is 2.73. The van der Waals surface area contributed by atoms with E-state index in [2.05, 4.69) is 5.32 Å². The number of nitrogens with one attached hydrogen (secondary N) is 1. The van der Waals surface area contributed by atoms with Gasteiger partial charge >= 0.3 is 5.97 Å². The van der Waals surface area contributed by atoms with Crippen LogP contribution in [0.4, 0.5) is 5.69 Å². The van der Waals surface area contributed by atoms with Crippen LogP contribution >= 0.6 is 11.6 Å². The van der Waals surface area contributed by atoms with Gasteiger partial charge in [0.05, 0.1) is 17.5 Å². The number of carbonyl (C=O) groups excluding carboxylic acids is 2. The summed E-state index contributed by atoms with van der Waals surface area (Å²) in [6.07, 6.45) is 0.0933. The van der Waals surface area contributed by atoms with E-state index >= 15 is 0 Å². The van der Waals surface area contributed by atoms with Gasteiger partial charge in [0.25, 0.3) is 0 Å². The minimum atomic E-state index is -1.63. The molecule has 0 bridgehead atoms. The number of amides is 2. The lowest BCUT2D eigenvalue weighted by atomic mass is 9.78. The van der Waals surface area contributed by atoms with Crippen molar-refractivity contribution in [3.05, 3.63) is 59.1 Å². The molecule has 2 fully saturated rings. The number of rotatable bonds is 4. The van der Waals surface area contributed by atoms with Gasteiger partial charge < -0.3 is 10.2 Å². The number of fused-ring (bicyclic) bond motifs is 1. The van der Waals surface area contributed by atoms with Gasteiger partial charge in [-0.1, -0.05) is 42.8 Å². The van der Waals surface area contributed by atoms with Crippen molar-refractivity contribution in [1.29, 1.82) is 0 Å². The van der Waals surface area contributed by atoms with E-state index in [1.54, 1.807) is 43.3 Å². The number of benzene rings is 2. The number of phenols is 1. The summed E-state index contributed by atoms with van der Waals surface area (Å²) in [5, 5.41) is 23.7. The number of phenolic OH excluding ortho intramolecular Hbond substituents is 1. The number of hydrogen-bond donors (Lipinski definition) is 3. The van der Waals surface area contributed by atoms with Gasteiger partial charge in [0.1, 0.15) is 11.3 Å². The predicted molar refractivity (Wildman–Crippen MR) is 106 cm³/mol. The molecule has 0 spiro atoms. The van der Waals surface area contributed by atoms with Crippen LogP contribution in [0, 0.1) is 11.8 Å². The maximum Gasteiger partial charge on any atom is 0.324 e. The first kappa shape index (κ1) is 19.4. The molecular formula is C21H19ClN2O5. The van der Waals surface area contributed by atoms with Crippen LogP contribution in [0.2, 0.25) is 5.02 Å². The van der Waals surface area contributed by atoms with Crippen LogP contribution in [0.3, 0.4) is 0 Å². The third-order valence-corrected chi connectivity index (χ3v) is 6.17. The summed E-state index contributed by atoms with van der Waals surface area (Å²) in [6.45, 7) is 1.66. The Bertz CT molecular complexity index is 1030. The van der Waals surface area contributed by atoms with E-state index in [4.69, 9.17) is 11.6 Å². The van der Waals surface area contributed by atoms with Crippen LogP contribution < -0.4 is 10.2 Å². The lowest BCUT2D eigenvalue weighted by Crippen LogP contribution is -2.55. The normalized spacial score (nSPS) is 28.6. The summed E-state index contributed by atoms with van der Waals surface area (Å²) < 4.78 is 0. The molecule has 4 unspecified atom stereocenters. The van der Waals surface area contributed by atoms with Gasteiger partial charge in [-0.25, -0.2) is 4.90 Å². The lowest BCUT2D eigenvalue weighted by molar-refractivity contribution is -0.149. The quantitative estimate of drug-likeness (QED) is 0.664. The van der Waals surface area contributed by atoms with Gasteiger partial charge in [0.2, 0.25) is 11.8 Å². The number of anilines is 1. The topological polar surface area (TPSA) is 107 Å². The molecule has 2 aliphatic heterocycles. The first-order valence-electron chi connectivity index (χ1n) is 9.24. The number of nitrogens with zero attached hydrogens (tertiary/aromatic N) is 1. The molecule has 7 nitrogen and oxygen atoms in total. The Morgan fingerprint density at radius 3 is 2.52 bits per heavy atom. The molecule has 8 heteroatoms. The summed E-state index contributed by atoms with van der Waals surface area (Å²) >= 11 is 6.03. The van der Waals surface area contributed by atoms with E-state index < -0.39 is 41.2 Å². The molecule has 2 aliphatic rings. The molecule has 4 atom stereocenters. The molecule has 0 aliphatic carbocycles. The van der Waals surface area contributed by atoms with Gasteiger partial charge in [0.15, 0.2) is 0 Å². The highest BCUT2D eigenvalue weighted by Gasteiger charge is 2.68. The smallest absolute Gasteiger partial charge is 0.324 e. The number of imide groups is 1. The maximum absolute atomic E-state index is 13.4. The zero-order valence-corrected chi connectivity index (χ0v) is 16.3. The number of carboxylic acids is 1. The highest BCUT2D eigenvalue weighted by atomic mass is 35.5. The van der Waals surface area contributed by atoms with Gasteiger partial charge in [0, 0.05) is 16.6 Å². The minimum absolute atomic E-state index is 0.0671. The highest BCUT2D eigenvalue weighted by Crippen LogP contribution is 2.52. The summed E-state index contributed by atoms with van der Waals surface area (Å²) in [4.78, 5) is 40.0. The van der Waals surface area contributed by atoms with E-state index in [1.165, 1.54) is 12.1 Å². The molecule has 2 aromatic rings. The van der Waals surface area contributed by atoms with Crippen molar-refractivity contribution in [2.24, 2.45) is 11.8 Å². The van der Waals surface area contributed by atoms with Gasteiger partial charge in [-0.05, 0) is 30.7 Å². The summed E-state index contributed by atoms with van der Waals surface area (Å²) in [7, 11) is 0. The lowest BCUT2D eigenvalue weighted by Gasteiger charge is -2.30. The molecule has 29 heavy (non-hydrogen) atoms. The second-order valence-electron chi connectivity index (χ2n) is 7.31. The first-order valence-corrected chi connectivity index (χ1v) is 9.62. The summed E-state index contributed by atoms with van der Waals surface area (Å²) in [5.41, 5.74) is -0.945. The van der Waals surface area contributed by atoms with E-state index in [1.807, 2.05) is 0 Å². The fourth-order valence-electron chi connectivity index (χ4n) is 4.56.